The summed E-state index contributed by atoms with van der Waals surface area (Å²) < 4.78 is 0. The fraction of sp³-hybridized carbons (Fsp3) is 0.562. The summed E-state index contributed by atoms with van der Waals surface area (Å²) in [4.78, 5) is 12.4. The Balaban J connectivity index is 0.00000361. The first-order valence-electron chi connectivity index (χ1n) is 7.14. The highest BCUT2D eigenvalue weighted by Gasteiger charge is 2.25. The van der Waals surface area contributed by atoms with Crippen LogP contribution in [0.4, 0.5) is 0 Å². The van der Waals surface area contributed by atoms with Crippen molar-refractivity contribution in [3.63, 3.8) is 0 Å². The van der Waals surface area contributed by atoms with Crippen molar-refractivity contribution >= 4 is 18.3 Å². The van der Waals surface area contributed by atoms with E-state index in [0.29, 0.717) is 12.5 Å². The Bertz CT molecular complexity index is 381. The highest BCUT2D eigenvalue weighted by Crippen LogP contribution is 2.27. The molecule has 0 heterocycles. The van der Waals surface area contributed by atoms with E-state index in [1.54, 1.807) is 0 Å². The van der Waals surface area contributed by atoms with E-state index in [1.165, 1.54) is 0 Å². The molecule has 20 heavy (non-hydrogen) atoms. The minimum absolute atomic E-state index is 0. The van der Waals surface area contributed by atoms with Gasteiger partial charge in [-0.05, 0) is 24.8 Å². The Morgan fingerprint density at radius 3 is 2.35 bits per heavy atom. The quantitative estimate of drug-likeness (QED) is 0.813. The van der Waals surface area contributed by atoms with Gasteiger partial charge in [0.05, 0.1) is 5.92 Å². The van der Waals surface area contributed by atoms with Crippen LogP contribution in [-0.4, -0.2) is 18.5 Å². The zero-order chi connectivity index (χ0) is 14.3. The van der Waals surface area contributed by atoms with E-state index >= 15 is 0 Å². The summed E-state index contributed by atoms with van der Waals surface area (Å²) in [7, 11) is 0. The zero-order valence-electron chi connectivity index (χ0n) is 12.6. The van der Waals surface area contributed by atoms with Gasteiger partial charge in [-0.1, -0.05) is 50.6 Å². The summed E-state index contributed by atoms with van der Waals surface area (Å²) >= 11 is 0. The lowest BCUT2D eigenvalue weighted by Gasteiger charge is -2.23. The fourth-order valence-electron chi connectivity index (χ4n) is 2.17. The minimum atomic E-state index is -0.0701. The third-order valence-electron chi connectivity index (χ3n) is 3.55. The molecule has 0 aliphatic rings. The van der Waals surface area contributed by atoms with Gasteiger partial charge in [-0.2, -0.15) is 0 Å². The lowest BCUT2D eigenvalue weighted by atomic mass is 9.85. The van der Waals surface area contributed by atoms with Crippen LogP contribution in [0, 0.1) is 5.92 Å². The van der Waals surface area contributed by atoms with Gasteiger partial charge in [0.2, 0.25) is 5.91 Å². The fourth-order valence-corrected chi connectivity index (χ4v) is 2.17. The SMILES string of the molecule is CCC(C)C(C(=O)NCCC(C)N)c1ccccc1.Cl. The van der Waals surface area contributed by atoms with Gasteiger partial charge in [0.15, 0.2) is 0 Å². The van der Waals surface area contributed by atoms with Gasteiger partial charge in [0.1, 0.15) is 0 Å². The summed E-state index contributed by atoms with van der Waals surface area (Å²) in [5.41, 5.74) is 6.79. The third kappa shape index (κ3) is 5.93. The largest absolute Gasteiger partial charge is 0.356 e. The Labute approximate surface area is 128 Å². The van der Waals surface area contributed by atoms with Gasteiger partial charge < -0.3 is 11.1 Å². The molecule has 0 radical (unpaired) electrons. The van der Waals surface area contributed by atoms with E-state index in [2.05, 4.69) is 19.2 Å². The number of benzene rings is 1. The lowest BCUT2D eigenvalue weighted by Crippen LogP contribution is -2.35. The first-order valence-corrected chi connectivity index (χ1v) is 7.14. The lowest BCUT2D eigenvalue weighted by molar-refractivity contribution is -0.123. The molecule has 3 N–H and O–H groups in total. The molecule has 0 spiro atoms. The summed E-state index contributed by atoms with van der Waals surface area (Å²) in [5.74, 6) is 0.373. The molecule has 1 aromatic rings. The average Bonchev–Trinajstić information content (AvgIpc) is 2.39. The van der Waals surface area contributed by atoms with Crippen LogP contribution in [0.15, 0.2) is 30.3 Å². The Hall–Kier alpha value is -1.06. The Morgan fingerprint density at radius 1 is 1.25 bits per heavy atom. The van der Waals surface area contributed by atoms with E-state index in [9.17, 15) is 4.79 Å². The van der Waals surface area contributed by atoms with Crippen LogP contribution in [0.25, 0.3) is 0 Å². The van der Waals surface area contributed by atoms with Crippen molar-refractivity contribution in [3.05, 3.63) is 35.9 Å². The van der Waals surface area contributed by atoms with Crippen molar-refractivity contribution in [2.75, 3.05) is 6.54 Å². The number of halogens is 1. The maximum atomic E-state index is 12.4. The molecule has 1 rings (SSSR count). The van der Waals surface area contributed by atoms with Crippen molar-refractivity contribution in [2.24, 2.45) is 11.7 Å². The number of carbonyl (C=O) groups excluding carboxylic acids is 1. The molecule has 0 saturated heterocycles. The third-order valence-corrected chi connectivity index (χ3v) is 3.55. The van der Waals surface area contributed by atoms with Gasteiger partial charge in [-0.3, -0.25) is 4.79 Å². The molecule has 114 valence electrons. The molecule has 0 aliphatic heterocycles. The summed E-state index contributed by atoms with van der Waals surface area (Å²) in [6, 6.07) is 10.1. The van der Waals surface area contributed by atoms with E-state index in [-0.39, 0.29) is 30.3 Å². The number of carbonyl (C=O) groups is 1. The smallest absolute Gasteiger partial charge is 0.227 e. The maximum Gasteiger partial charge on any atom is 0.227 e. The van der Waals surface area contributed by atoms with Crippen LogP contribution in [0.2, 0.25) is 0 Å². The second-order valence-electron chi connectivity index (χ2n) is 5.33. The van der Waals surface area contributed by atoms with Crippen molar-refractivity contribution in [2.45, 2.75) is 45.6 Å². The molecule has 0 saturated carbocycles. The number of hydrogen-bond donors (Lipinski definition) is 2. The first-order chi connectivity index (χ1) is 9.06. The number of rotatable bonds is 7. The van der Waals surface area contributed by atoms with Crippen molar-refractivity contribution in [1.29, 1.82) is 0 Å². The van der Waals surface area contributed by atoms with Crippen molar-refractivity contribution < 1.29 is 4.79 Å². The number of amides is 1. The van der Waals surface area contributed by atoms with E-state index < -0.39 is 0 Å². The molecule has 3 nitrogen and oxygen atoms in total. The number of nitrogens with one attached hydrogen (secondary N) is 1. The van der Waals surface area contributed by atoms with Crippen molar-refractivity contribution in [3.8, 4) is 0 Å². The summed E-state index contributed by atoms with van der Waals surface area (Å²) in [6.45, 7) is 6.85. The Kier molecular flexibility index (Phi) is 9.26. The van der Waals surface area contributed by atoms with Gasteiger partial charge in [-0.25, -0.2) is 0 Å². The molecule has 0 aromatic heterocycles. The van der Waals surface area contributed by atoms with Gasteiger partial charge in [0.25, 0.3) is 0 Å². The topological polar surface area (TPSA) is 55.1 Å². The molecule has 1 amide bonds. The van der Waals surface area contributed by atoms with Gasteiger partial charge >= 0.3 is 0 Å². The number of hydrogen-bond acceptors (Lipinski definition) is 2. The van der Waals surface area contributed by atoms with Crippen LogP contribution in [0.3, 0.4) is 0 Å². The molecule has 0 aliphatic carbocycles. The van der Waals surface area contributed by atoms with Crippen molar-refractivity contribution in [1.82, 2.24) is 5.32 Å². The van der Waals surface area contributed by atoms with Gasteiger partial charge in [0, 0.05) is 12.6 Å². The van der Waals surface area contributed by atoms with E-state index in [0.717, 1.165) is 18.4 Å². The van der Waals surface area contributed by atoms with Gasteiger partial charge in [-0.15, -0.1) is 12.4 Å². The van der Waals surface area contributed by atoms with E-state index in [4.69, 9.17) is 5.73 Å². The summed E-state index contributed by atoms with van der Waals surface area (Å²) in [5, 5.41) is 3.01. The molecular formula is C16H27ClN2O. The predicted molar refractivity (Wildman–Crippen MR) is 87.2 cm³/mol. The monoisotopic (exact) mass is 298 g/mol. The molecule has 0 fully saturated rings. The predicted octanol–water partition coefficient (Wildman–Crippen LogP) is 3.09. The van der Waals surface area contributed by atoms with Crippen LogP contribution >= 0.6 is 12.4 Å². The average molecular weight is 299 g/mol. The molecule has 3 unspecified atom stereocenters. The second kappa shape index (κ2) is 9.78. The van der Waals surface area contributed by atoms with E-state index in [1.807, 2.05) is 37.3 Å². The molecule has 1 aromatic carbocycles. The van der Waals surface area contributed by atoms with Crippen LogP contribution in [0.1, 0.15) is 45.1 Å². The second-order valence-corrected chi connectivity index (χ2v) is 5.33. The minimum Gasteiger partial charge on any atom is -0.356 e. The normalized spacial score (nSPS) is 14.8. The van der Waals surface area contributed by atoms with Crippen LogP contribution in [0.5, 0.6) is 0 Å². The highest BCUT2D eigenvalue weighted by molar-refractivity contribution is 5.85. The zero-order valence-corrected chi connectivity index (χ0v) is 13.5. The molecule has 3 atom stereocenters. The molecule has 4 heteroatoms. The summed E-state index contributed by atoms with van der Waals surface area (Å²) in [6.07, 6.45) is 1.80. The van der Waals surface area contributed by atoms with Crippen LogP contribution < -0.4 is 11.1 Å². The molecular weight excluding hydrogens is 272 g/mol. The van der Waals surface area contributed by atoms with Crippen LogP contribution in [-0.2, 0) is 4.79 Å². The standard InChI is InChI=1S/C16H26N2O.ClH/c1-4-12(2)15(14-8-6-5-7-9-14)16(19)18-11-10-13(3)17;/h5-9,12-13,15H,4,10-11,17H2,1-3H3,(H,18,19);1H. The maximum absolute atomic E-state index is 12.4. The Morgan fingerprint density at radius 2 is 1.85 bits per heavy atom. The first kappa shape index (κ1) is 18.9. The molecule has 0 bridgehead atoms. The highest BCUT2D eigenvalue weighted by atomic mass is 35.5. The number of nitrogens with two attached hydrogens (primary N) is 1.